The lowest BCUT2D eigenvalue weighted by Gasteiger charge is -2.10. The second kappa shape index (κ2) is 8.63. The number of benzene rings is 3. The van der Waals surface area contributed by atoms with Crippen LogP contribution >= 0.6 is 11.8 Å². The Morgan fingerprint density at radius 2 is 1.70 bits per heavy atom. The average Bonchev–Trinajstić information content (AvgIpc) is 2.72. The average molecular weight is 418 g/mol. The van der Waals surface area contributed by atoms with Crippen molar-refractivity contribution in [3.05, 3.63) is 83.7 Å². The first-order valence-corrected chi connectivity index (χ1v) is 10.5. The predicted octanol–water partition coefficient (Wildman–Crippen LogP) is 5.78. The molecule has 0 aliphatic rings. The van der Waals surface area contributed by atoms with Crippen molar-refractivity contribution in [2.75, 3.05) is 11.1 Å². The number of anilines is 1. The Labute approximate surface area is 178 Å². The highest BCUT2D eigenvalue weighted by atomic mass is 32.2. The summed E-state index contributed by atoms with van der Waals surface area (Å²) in [6.07, 6.45) is 0. The predicted molar refractivity (Wildman–Crippen MR) is 120 cm³/mol. The molecule has 0 fully saturated rings. The van der Waals surface area contributed by atoms with Gasteiger partial charge in [-0.15, -0.1) is 0 Å². The lowest BCUT2D eigenvalue weighted by atomic mass is 10.1. The minimum Gasteiger partial charge on any atom is -0.325 e. The number of aryl methyl sites for hydroxylation is 2. The molecule has 6 heteroatoms. The number of fused-ring (bicyclic) bond motifs is 1. The zero-order valence-electron chi connectivity index (χ0n) is 16.6. The molecule has 0 aliphatic heterocycles. The number of rotatable bonds is 5. The Hall–Kier alpha value is -3.25. The van der Waals surface area contributed by atoms with Crippen molar-refractivity contribution in [1.82, 2.24) is 9.97 Å². The van der Waals surface area contributed by atoms with Gasteiger partial charge in [0.05, 0.1) is 11.3 Å². The van der Waals surface area contributed by atoms with Crippen LogP contribution in [0.1, 0.15) is 11.1 Å². The van der Waals surface area contributed by atoms with E-state index in [1.165, 1.54) is 23.9 Å². The number of hydrogen-bond acceptors (Lipinski definition) is 4. The molecule has 30 heavy (non-hydrogen) atoms. The van der Waals surface area contributed by atoms with E-state index in [1.807, 2.05) is 56.3 Å². The Morgan fingerprint density at radius 3 is 2.43 bits per heavy atom. The summed E-state index contributed by atoms with van der Waals surface area (Å²) in [5.74, 6) is 0.200. The summed E-state index contributed by atoms with van der Waals surface area (Å²) in [5.41, 5.74) is 4.44. The van der Waals surface area contributed by atoms with Gasteiger partial charge in [-0.2, -0.15) is 0 Å². The summed E-state index contributed by atoms with van der Waals surface area (Å²) in [6, 6.07) is 19.9. The highest BCUT2D eigenvalue weighted by molar-refractivity contribution is 8.00. The maximum absolute atomic E-state index is 13.9. The molecule has 0 atom stereocenters. The van der Waals surface area contributed by atoms with Gasteiger partial charge in [0, 0.05) is 16.6 Å². The van der Waals surface area contributed by atoms with E-state index in [1.54, 1.807) is 6.07 Å². The fourth-order valence-electron chi connectivity index (χ4n) is 3.28. The van der Waals surface area contributed by atoms with Gasteiger partial charge in [-0.05, 0) is 55.3 Å². The number of carbonyl (C=O) groups is 1. The van der Waals surface area contributed by atoms with Crippen molar-refractivity contribution in [2.45, 2.75) is 18.9 Å². The van der Waals surface area contributed by atoms with Gasteiger partial charge in [0.1, 0.15) is 10.8 Å². The molecule has 0 spiro atoms. The van der Waals surface area contributed by atoms with Crippen LogP contribution in [0.15, 0.2) is 71.8 Å². The fraction of sp³-hybridized carbons (Fsp3) is 0.125. The molecule has 4 aromatic rings. The summed E-state index contributed by atoms with van der Waals surface area (Å²) >= 11 is 1.27. The molecule has 150 valence electrons. The summed E-state index contributed by atoms with van der Waals surface area (Å²) in [7, 11) is 0. The molecular weight excluding hydrogens is 397 g/mol. The summed E-state index contributed by atoms with van der Waals surface area (Å²) in [5, 5.41) is 4.10. The summed E-state index contributed by atoms with van der Waals surface area (Å²) in [4.78, 5) is 21.7. The van der Waals surface area contributed by atoms with E-state index in [9.17, 15) is 9.18 Å². The van der Waals surface area contributed by atoms with E-state index in [2.05, 4.69) is 21.4 Å². The lowest BCUT2D eigenvalue weighted by molar-refractivity contribution is -0.113. The molecule has 0 aliphatic carbocycles. The van der Waals surface area contributed by atoms with Crippen LogP contribution in [-0.2, 0) is 4.79 Å². The van der Waals surface area contributed by atoms with Crippen LogP contribution in [0.2, 0.25) is 0 Å². The minimum atomic E-state index is -0.361. The van der Waals surface area contributed by atoms with Gasteiger partial charge in [0.2, 0.25) is 5.91 Å². The van der Waals surface area contributed by atoms with Crippen molar-refractivity contribution in [3.63, 3.8) is 0 Å². The Balaban J connectivity index is 1.60. The number of thioether (sulfide) groups is 1. The topological polar surface area (TPSA) is 54.9 Å². The van der Waals surface area contributed by atoms with Crippen molar-refractivity contribution in [2.24, 2.45) is 0 Å². The number of halogens is 1. The fourth-order valence-corrected chi connectivity index (χ4v) is 4.09. The highest BCUT2D eigenvalue weighted by Crippen LogP contribution is 2.29. The number of aromatic nitrogens is 2. The molecule has 0 radical (unpaired) electrons. The van der Waals surface area contributed by atoms with Gasteiger partial charge < -0.3 is 5.32 Å². The van der Waals surface area contributed by atoms with Crippen LogP contribution in [0.3, 0.4) is 0 Å². The van der Waals surface area contributed by atoms with Gasteiger partial charge >= 0.3 is 0 Å². The number of amides is 1. The molecule has 3 aromatic carbocycles. The number of carbonyl (C=O) groups excluding carboxylic acids is 1. The Bertz CT molecular complexity index is 1210. The monoisotopic (exact) mass is 417 g/mol. The largest absolute Gasteiger partial charge is 0.325 e. The van der Waals surface area contributed by atoms with Crippen molar-refractivity contribution < 1.29 is 9.18 Å². The van der Waals surface area contributed by atoms with Crippen molar-refractivity contribution >= 4 is 34.3 Å². The standard InChI is InChI=1S/C24H20FN3OS/c1-15-10-16(2)12-19(11-15)26-22(29)14-30-24-20-13-18(25)8-9-21(20)27-23(28-24)17-6-4-3-5-7-17/h3-13H,14H2,1-2H3,(H,26,29). The van der Waals surface area contributed by atoms with Crippen molar-refractivity contribution in [3.8, 4) is 11.4 Å². The number of nitrogens with zero attached hydrogens (tertiary/aromatic N) is 2. The molecule has 0 unspecified atom stereocenters. The van der Waals surface area contributed by atoms with Crippen LogP contribution in [-0.4, -0.2) is 21.6 Å². The summed E-state index contributed by atoms with van der Waals surface area (Å²) in [6.45, 7) is 3.98. The molecule has 0 bridgehead atoms. The number of hydrogen-bond donors (Lipinski definition) is 1. The second-order valence-corrected chi connectivity index (χ2v) is 8.06. The molecule has 4 rings (SSSR count). The minimum absolute atomic E-state index is 0.144. The first kappa shape index (κ1) is 20.0. The normalized spacial score (nSPS) is 10.9. The van der Waals surface area contributed by atoms with E-state index in [0.717, 1.165) is 22.4 Å². The first-order chi connectivity index (χ1) is 14.5. The van der Waals surface area contributed by atoms with Crippen LogP contribution in [0.25, 0.3) is 22.3 Å². The molecular formula is C24H20FN3OS. The maximum atomic E-state index is 13.9. The van der Waals surface area contributed by atoms with Crippen LogP contribution in [0.4, 0.5) is 10.1 Å². The molecule has 1 amide bonds. The zero-order valence-corrected chi connectivity index (χ0v) is 17.5. The van der Waals surface area contributed by atoms with E-state index in [4.69, 9.17) is 0 Å². The summed E-state index contributed by atoms with van der Waals surface area (Å²) < 4.78 is 13.9. The number of nitrogens with one attached hydrogen (secondary N) is 1. The molecule has 0 saturated carbocycles. The second-order valence-electron chi connectivity index (χ2n) is 7.09. The van der Waals surface area contributed by atoms with Gasteiger partial charge in [-0.3, -0.25) is 4.79 Å². The highest BCUT2D eigenvalue weighted by Gasteiger charge is 2.13. The first-order valence-electron chi connectivity index (χ1n) is 9.51. The Morgan fingerprint density at radius 1 is 0.967 bits per heavy atom. The van der Waals surface area contributed by atoms with Gasteiger partial charge in [0.15, 0.2) is 5.82 Å². The lowest BCUT2D eigenvalue weighted by Crippen LogP contribution is -2.14. The van der Waals surface area contributed by atoms with Crippen molar-refractivity contribution in [1.29, 1.82) is 0 Å². The van der Waals surface area contributed by atoms with Gasteiger partial charge in [-0.1, -0.05) is 48.2 Å². The van der Waals surface area contributed by atoms with Crippen LogP contribution in [0, 0.1) is 19.7 Å². The third kappa shape index (κ3) is 4.66. The van der Waals surface area contributed by atoms with Gasteiger partial charge in [0.25, 0.3) is 0 Å². The molecule has 1 N–H and O–H groups in total. The smallest absolute Gasteiger partial charge is 0.234 e. The molecule has 1 heterocycles. The molecule has 1 aromatic heterocycles. The maximum Gasteiger partial charge on any atom is 0.234 e. The van der Waals surface area contributed by atoms with Gasteiger partial charge in [-0.25, -0.2) is 14.4 Å². The van der Waals surface area contributed by atoms with E-state index in [0.29, 0.717) is 21.8 Å². The van der Waals surface area contributed by atoms with Crippen LogP contribution in [0.5, 0.6) is 0 Å². The quantitative estimate of drug-likeness (QED) is 0.330. The third-order valence-corrected chi connectivity index (χ3v) is 5.49. The Kier molecular flexibility index (Phi) is 5.77. The molecule has 0 saturated heterocycles. The third-order valence-electron chi connectivity index (χ3n) is 4.50. The van der Waals surface area contributed by atoms with Crippen LogP contribution < -0.4 is 5.32 Å². The molecule has 4 nitrogen and oxygen atoms in total. The van der Waals surface area contributed by atoms with E-state index in [-0.39, 0.29) is 17.5 Å². The zero-order chi connectivity index (χ0) is 21.1. The SMILES string of the molecule is Cc1cc(C)cc(NC(=O)CSc2nc(-c3ccccc3)nc3ccc(F)cc23)c1. The van der Waals surface area contributed by atoms with E-state index >= 15 is 0 Å². The van der Waals surface area contributed by atoms with E-state index < -0.39 is 0 Å².